The molecule has 1 aliphatic rings. The molecule has 76 valence electrons. The predicted molar refractivity (Wildman–Crippen MR) is 47.6 cm³/mol. The molecule has 1 unspecified atom stereocenters. The summed E-state index contributed by atoms with van der Waals surface area (Å²) < 4.78 is 4.77. The van der Waals surface area contributed by atoms with Gasteiger partial charge in [0, 0.05) is 31.7 Å². The quantitative estimate of drug-likeness (QED) is 0.730. The minimum absolute atomic E-state index is 0.139. The van der Waals surface area contributed by atoms with Crippen LogP contribution in [0.25, 0.3) is 0 Å². The van der Waals surface area contributed by atoms with Crippen LogP contribution in [0.4, 0.5) is 0 Å². The third-order valence-electron chi connectivity index (χ3n) is 2.48. The fourth-order valence-corrected chi connectivity index (χ4v) is 1.65. The van der Waals surface area contributed by atoms with Gasteiger partial charge >= 0.3 is 0 Å². The molecule has 5 heteroatoms. The Bertz CT molecular complexity index is 310. The second-order valence-corrected chi connectivity index (χ2v) is 3.47. The highest BCUT2D eigenvalue weighted by Gasteiger charge is 2.27. The molecule has 0 saturated carbocycles. The Kier molecular flexibility index (Phi) is 2.49. The predicted octanol–water partition coefficient (Wildman–Crippen LogP) is 0.129. The molecule has 2 rings (SSSR count). The molecule has 0 aliphatic carbocycles. The van der Waals surface area contributed by atoms with Gasteiger partial charge in [0.05, 0.1) is 6.20 Å². The van der Waals surface area contributed by atoms with E-state index in [0.29, 0.717) is 13.1 Å². The number of rotatable bonds is 2. The molecule has 0 bridgehead atoms. The Morgan fingerprint density at radius 3 is 3.21 bits per heavy atom. The Balaban J connectivity index is 2.00. The van der Waals surface area contributed by atoms with Gasteiger partial charge in [0.15, 0.2) is 0 Å². The van der Waals surface area contributed by atoms with E-state index in [-0.39, 0.29) is 24.2 Å². The molecule has 1 atom stereocenters. The summed E-state index contributed by atoms with van der Waals surface area (Å²) in [5, 5.41) is 12.4. The van der Waals surface area contributed by atoms with Crippen molar-refractivity contribution in [2.75, 3.05) is 19.7 Å². The second kappa shape index (κ2) is 3.79. The molecule has 5 nitrogen and oxygen atoms in total. The molecule has 1 aromatic rings. The first-order chi connectivity index (χ1) is 6.81. The number of hydrogen-bond donors (Lipinski definition) is 1. The van der Waals surface area contributed by atoms with Crippen LogP contribution in [0.3, 0.4) is 0 Å². The first-order valence-corrected chi connectivity index (χ1v) is 4.62. The smallest absolute Gasteiger partial charge is 0.292 e. The fourth-order valence-electron chi connectivity index (χ4n) is 1.65. The molecular formula is C9H12N2O3. The van der Waals surface area contributed by atoms with Gasteiger partial charge in [-0.15, -0.1) is 0 Å². The van der Waals surface area contributed by atoms with Crippen LogP contribution >= 0.6 is 0 Å². The highest BCUT2D eigenvalue weighted by atomic mass is 16.5. The standard InChI is InChI=1S/C9H12N2O3/c12-6-7-2-4-11(5-7)9(13)8-1-3-10-14-8/h1,3,7,12H,2,4-6H2. The van der Waals surface area contributed by atoms with Crippen molar-refractivity contribution in [1.82, 2.24) is 10.1 Å². The number of aliphatic hydroxyl groups excluding tert-OH is 1. The third-order valence-corrected chi connectivity index (χ3v) is 2.48. The number of carbonyl (C=O) groups excluding carboxylic acids is 1. The molecule has 1 aromatic heterocycles. The summed E-state index contributed by atoms with van der Waals surface area (Å²) in [4.78, 5) is 13.4. The van der Waals surface area contributed by atoms with Gasteiger partial charge < -0.3 is 14.5 Å². The lowest BCUT2D eigenvalue weighted by Crippen LogP contribution is -2.28. The summed E-state index contributed by atoms with van der Waals surface area (Å²) in [6.45, 7) is 1.43. The van der Waals surface area contributed by atoms with E-state index in [2.05, 4.69) is 5.16 Å². The normalized spacial score (nSPS) is 21.5. The minimum atomic E-state index is -0.140. The molecule has 0 spiro atoms. The van der Waals surface area contributed by atoms with Gasteiger partial charge in [-0.1, -0.05) is 5.16 Å². The van der Waals surface area contributed by atoms with Crippen LogP contribution in [0.5, 0.6) is 0 Å². The van der Waals surface area contributed by atoms with Gasteiger partial charge in [-0.3, -0.25) is 4.79 Å². The summed E-state index contributed by atoms with van der Waals surface area (Å²) in [6, 6.07) is 1.55. The second-order valence-electron chi connectivity index (χ2n) is 3.47. The van der Waals surface area contributed by atoms with Crippen molar-refractivity contribution in [2.24, 2.45) is 5.92 Å². The van der Waals surface area contributed by atoms with Crippen molar-refractivity contribution < 1.29 is 14.4 Å². The van der Waals surface area contributed by atoms with Crippen LogP contribution in [0.2, 0.25) is 0 Å². The zero-order valence-corrected chi connectivity index (χ0v) is 7.72. The first-order valence-electron chi connectivity index (χ1n) is 4.62. The third kappa shape index (κ3) is 1.63. The van der Waals surface area contributed by atoms with Crippen LogP contribution in [-0.2, 0) is 0 Å². The molecule has 0 aromatic carbocycles. The zero-order chi connectivity index (χ0) is 9.97. The Labute approximate surface area is 81.3 Å². The van der Waals surface area contributed by atoms with E-state index in [4.69, 9.17) is 9.63 Å². The summed E-state index contributed by atoms with van der Waals surface area (Å²) >= 11 is 0. The van der Waals surface area contributed by atoms with E-state index in [1.807, 2.05) is 0 Å². The maximum absolute atomic E-state index is 11.7. The Morgan fingerprint density at radius 1 is 1.79 bits per heavy atom. The molecule has 0 radical (unpaired) electrons. The number of likely N-dealkylation sites (tertiary alicyclic amines) is 1. The summed E-state index contributed by atoms with van der Waals surface area (Å²) in [5.41, 5.74) is 0. The molecule has 1 N–H and O–H groups in total. The number of carbonyl (C=O) groups is 1. The maximum Gasteiger partial charge on any atom is 0.292 e. The first kappa shape index (κ1) is 9.21. The fraction of sp³-hybridized carbons (Fsp3) is 0.556. The van der Waals surface area contributed by atoms with Gasteiger partial charge in [-0.25, -0.2) is 0 Å². The van der Waals surface area contributed by atoms with Gasteiger partial charge in [0.2, 0.25) is 5.76 Å². The minimum Gasteiger partial charge on any atom is -0.396 e. The molecule has 1 fully saturated rings. The van der Waals surface area contributed by atoms with Crippen molar-refractivity contribution >= 4 is 5.91 Å². The Hall–Kier alpha value is -1.36. The molecular weight excluding hydrogens is 184 g/mol. The van der Waals surface area contributed by atoms with Gasteiger partial charge in [0.1, 0.15) is 0 Å². The SMILES string of the molecule is O=C(c1ccno1)N1CCC(CO)C1. The maximum atomic E-state index is 11.7. The summed E-state index contributed by atoms with van der Waals surface area (Å²) in [7, 11) is 0. The van der Waals surface area contributed by atoms with Crippen LogP contribution in [0.1, 0.15) is 17.0 Å². The van der Waals surface area contributed by atoms with E-state index in [1.54, 1.807) is 11.0 Å². The summed E-state index contributed by atoms with van der Waals surface area (Å²) in [6.07, 6.45) is 2.31. The van der Waals surface area contributed by atoms with Crippen molar-refractivity contribution in [3.63, 3.8) is 0 Å². The van der Waals surface area contributed by atoms with Gasteiger partial charge in [0.25, 0.3) is 5.91 Å². The zero-order valence-electron chi connectivity index (χ0n) is 7.72. The highest BCUT2D eigenvalue weighted by Crippen LogP contribution is 2.17. The van der Waals surface area contributed by atoms with Crippen molar-refractivity contribution in [2.45, 2.75) is 6.42 Å². The molecule has 2 heterocycles. The van der Waals surface area contributed by atoms with E-state index >= 15 is 0 Å². The number of nitrogens with zero attached hydrogens (tertiary/aromatic N) is 2. The molecule has 1 amide bonds. The average Bonchev–Trinajstić information content (AvgIpc) is 2.88. The van der Waals surface area contributed by atoms with E-state index in [0.717, 1.165) is 6.42 Å². The lowest BCUT2D eigenvalue weighted by Gasteiger charge is -2.13. The van der Waals surface area contributed by atoms with E-state index < -0.39 is 0 Å². The lowest BCUT2D eigenvalue weighted by atomic mass is 10.1. The van der Waals surface area contributed by atoms with Crippen molar-refractivity contribution in [1.29, 1.82) is 0 Å². The van der Waals surface area contributed by atoms with E-state index in [9.17, 15) is 4.79 Å². The number of hydrogen-bond acceptors (Lipinski definition) is 4. The monoisotopic (exact) mass is 196 g/mol. The van der Waals surface area contributed by atoms with Crippen molar-refractivity contribution in [3.8, 4) is 0 Å². The molecule has 1 saturated heterocycles. The number of aliphatic hydroxyl groups is 1. The number of aromatic nitrogens is 1. The molecule has 1 aliphatic heterocycles. The van der Waals surface area contributed by atoms with Crippen LogP contribution < -0.4 is 0 Å². The molecule has 14 heavy (non-hydrogen) atoms. The number of amides is 1. The van der Waals surface area contributed by atoms with E-state index in [1.165, 1.54) is 6.20 Å². The Morgan fingerprint density at radius 2 is 2.64 bits per heavy atom. The lowest BCUT2D eigenvalue weighted by molar-refractivity contribution is 0.0740. The average molecular weight is 196 g/mol. The largest absolute Gasteiger partial charge is 0.396 e. The van der Waals surface area contributed by atoms with Crippen LogP contribution in [-0.4, -0.2) is 40.8 Å². The van der Waals surface area contributed by atoms with Crippen LogP contribution in [0, 0.1) is 5.92 Å². The highest BCUT2D eigenvalue weighted by molar-refractivity contribution is 5.91. The van der Waals surface area contributed by atoms with Crippen LogP contribution in [0.15, 0.2) is 16.8 Å². The van der Waals surface area contributed by atoms with Gasteiger partial charge in [-0.05, 0) is 6.42 Å². The topological polar surface area (TPSA) is 66.6 Å². The summed E-state index contributed by atoms with van der Waals surface area (Å²) in [5.74, 6) is 0.337. The van der Waals surface area contributed by atoms with Crippen molar-refractivity contribution in [3.05, 3.63) is 18.0 Å². The van der Waals surface area contributed by atoms with Gasteiger partial charge in [-0.2, -0.15) is 0 Å².